The summed E-state index contributed by atoms with van der Waals surface area (Å²) in [6.45, 7) is 0. The predicted molar refractivity (Wildman–Crippen MR) is 24.0 cm³/mol. The normalized spacial score (nSPS) is 17.8. The van der Waals surface area contributed by atoms with Crippen LogP contribution in [0, 0.1) is 0 Å². The molecular formula is HF3O6P2. The lowest BCUT2D eigenvalue weighted by molar-refractivity contribution is -0.166. The fraction of sp³-hybridized carbons (Fsp3) is 0. The Balaban J connectivity index is 3.91. The van der Waals surface area contributed by atoms with Crippen LogP contribution in [0.4, 0.5) is 12.9 Å². The number of phosphoric acid groups is 1. The highest BCUT2D eigenvalue weighted by Crippen LogP contribution is 2.56. The topological polar surface area (TPSA) is 82.1 Å². The second-order valence-corrected chi connectivity index (χ2v) is 3.30. The Kier molecular flexibility index (Phi) is 3.69. The third kappa shape index (κ3) is 6.49. The minimum atomic E-state index is -6.08. The molecule has 0 rings (SSSR count). The van der Waals surface area contributed by atoms with Crippen molar-refractivity contribution >= 4 is 15.8 Å². The minimum Gasteiger partial charge on any atom is -0.299 e. The van der Waals surface area contributed by atoms with E-state index in [0.29, 0.717) is 0 Å². The van der Waals surface area contributed by atoms with Gasteiger partial charge in [0.15, 0.2) is 0 Å². The van der Waals surface area contributed by atoms with Gasteiger partial charge in [0.1, 0.15) is 0 Å². The Morgan fingerprint density at radius 2 is 1.64 bits per heavy atom. The van der Waals surface area contributed by atoms with Crippen LogP contribution in [0.25, 0.3) is 0 Å². The average Bonchev–Trinajstić information content (AvgIpc) is 1.83. The van der Waals surface area contributed by atoms with Gasteiger partial charge in [-0.25, -0.2) is 9.13 Å². The lowest BCUT2D eigenvalue weighted by Crippen LogP contribution is -1.86. The van der Waals surface area contributed by atoms with Gasteiger partial charge >= 0.3 is 15.8 Å². The van der Waals surface area contributed by atoms with Crippen LogP contribution in [0.2, 0.25) is 0 Å². The first kappa shape index (κ1) is 11.1. The third-order valence-corrected chi connectivity index (χ3v) is 1.10. The van der Waals surface area contributed by atoms with Crippen molar-refractivity contribution in [3.63, 3.8) is 0 Å². The van der Waals surface area contributed by atoms with E-state index in [2.05, 4.69) is 14.1 Å². The van der Waals surface area contributed by atoms with Gasteiger partial charge in [-0.3, -0.25) is 4.89 Å². The van der Waals surface area contributed by atoms with E-state index in [4.69, 9.17) is 4.89 Å². The summed E-state index contributed by atoms with van der Waals surface area (Å²) < 4.78 is 59.7. The molecule has 6 nitrogen and oxygen atoms in total. The fourth-order valence-electron chi connectivity index (χ4n) is 0.0924. The van der Waals surface area contributed by atoms with Crippen LogP contribution in [-0.4, -0.2) is 4.89 Å². The van der Waals surface area contributed by atoms with E-state index in [0.717, 1.165) is 0 Å². The number of halogens is 3. The van der Waals surface area contributed by atoms with Crippen LogP contribution < -0.4 is 0 Å². The molecule has 0 aromatic heterocycles. The second-order valence-electron chi connectivity index (χ2n) is 1.10. The predicted octanol–water partition coefficient (Wildman–Crippen LogP) is 1.98. The van der Waals surface area contributed by atoms with Gasteiger partial charge in [0.2, 0.25) is 0 Å². The Morgan fingerprint density at radius 1 is 1.18 bits per heavy atom. The van der Waals surface area contributed by atoms with Crippen molar-refractivity contribution in [3.05, 3.63) is 0 Å². The van der Waals surface area contributed by atoms with Crippen LogP contribution in [0.3, 0.4) is 0 Å². The molecular weight excluding hydrogens is 215 g/mol. The zero-order valence-electron chi connectivity index (χ0n) is 4.52. The lowest BCUT2D eigenvalue weighted by atomic mass is 14.9. The fourth-order valence-corrected chi connectivity index (χ4v) is 0.763. The summed E-state index contributed by atoms with van der Waals surface area (Å²) in [4.78, 5) is 7.84. The van der Waals surface area contributed by atoms with Gasteiger partial charge in [-0.2, -0.15) is 0 Å². The Bertz CT molecular complexity index is 206. The number of rotatable bonds is 4. The molecule has 0 aliphatic carbocycles. The summed E-state index contributed by atoms with van der Waals surface area (Å²) in [5, 5.41) is 0. The first-order valence-electron chi connectivity index (χ1n) is 1.77. The lowest BCUT2D eigenvalue weighted by Gasteiger charge is -2.02. The molecule has 0 aliphatic heterocycles. The van der Waals surface area contributed by atoms with E-state index in [1.54, 1.807) is 0 Å². The molecule has 11 heavy (non-hydrogen) atoms. The number of hydrogen-bond acceptors (Lipinski definition) is 5. The van der Waals surface area contributed by atoms with Gasteiger partial charge < -0.3 is 0 Å². The van der Waals surface area contributed by atoms with Gasteiger partial charge in [-0.15, -0.1) is 17.7 Å². The summed E-state index contributed by atoms with van der Waals surface area (Å²) in [5.74, 6) is 0. The third-order valence-electron chi connectivity index (χ3n) is 0.302. The second kappa shape index (κ2) is 3.66. The zero-order valence-corrected chi connectivity index (χ0v) is 6.31. The maximum absolute atomic E-state index is 11.2. The van der Waals surface area contributed by atoms with Gasteiger partial charge in [0, 0.05) is 0 Å². The van der Waals surface area contributed by atoms with Gasteiger partial charge in [0.25, 0.3) is 0 Å². The summed E-state index contributed by atoms with van der Waals surface area (Å²) in [6, 6.07) is 0. The average molecular weight is 216 g/mol. The van der Waals surface area contributed by atoms with Crippen molar-refractivity contribution in [2.24, 2.45) is 0 Å². The zero-order chi connectivity index (χ0) is 9.12. The summed E-state index contributed by atoms with van der Waals surface area (Å²) in [6.07, 6.45) is 0. The van der Waals surface area contributed by atoms with Crippen molar-refractivity contribution in [1.29, 1.82) is 0 Å². The molecule has 68 valence electrons. The van der Waals surface area contributed by atoms with Crippen molar-refractivity contribution in [3.8, 4) is 0 Å². The summed E-state index contributed by atoms with van der Waals surface area (Å²) in [7, 11) is -11.4. The van der Waals surface area contributed by atoms with Gasteiger partial charge in [-0.1, -0.05) is 4.73 Å². The van der Waals surface area contributed by atoms with Crippen LogP contribution in [0.5, 0.6) is 0 Å². The van der Waals surface area contributed by atoms with E-state index in [1.807, 2.05) is 0 Å². The first-order valence-corrected chi connectivity index (χ1v) is 4.67. The van der Waals surface area contributed by atoms with E-state index in [9.17, 15) is 22.1 Å². The first-order chi connectivity index (χ1) is 4.77. The van der Waals surface area contributed by atoms with Crippen LogP contribution in [0.15, 0.2) is 0 Å². The minimum absolute atomic E-state index is 2.14. The molecule has 0 heterocycles. The van der Waals surface area contributed by atoms with E-state index >= 15 is 0 Å². The van der Waals surface area contributed by atoms with Crippen molar-refractivity contribution in [1.82, 2.24) is 0 Å². The molecule has 1 N–H and O–H groups in total. The Morgan fingerprint density at radius 3 is 1.91 bits per heavy atom. The Labute approximate surface area is 58.0 Å². The summed E-state index contributed by atoms with van der Waals surface area (Å²) >= 11 is 0. The molecule has 0 aliphatic rings. The molecule has 0 saturated carbocycles. The standard InChI is InChI=1S/F3HO6P2/c1-7-11(5,6)9-8-10(2,3)4/h(H,5,6). The van der Waals surface area contributed by atoms with Crippen molar-refractivity contribution in [2.75, 3.05) is 0 Å². The quantitative estimate of drug-likeness (QED) is 0.439. The number of hydrogen-bond donors (Lipinski definition) is 1. The molecule has 0 saturated heterocycles. The van der Waals surface area contributed by atoms with E-state index in [-0.39, 0.29) is 0 Å². The van der Waals surface area contributed by atoms with Crippen LogP contribution >= 0.6 is 15.8 Å². The van der Waals surface area contributed by atoms with Crippen LogP contribution in [0.1, 0.15) is 0 Å². The van der Waals surface area contributed by atoms with Gasteiger partial charge in [-0.05, 0) is 4.53 Å². The molecule has 0 bridgehead atoms. The highest BCUT2D eigenvalue weighted by molar-refractivity contribution is 7.49. The maximum Gasteiger partial charge on any atom is 0.580 e. The van der Waals surface area contributed by atoms with Gasteiger partial charge in [0.05, 0.1) is 0 Å². The molecule has 0 amide bonds. The van der Waals surface area contributed by atoms with Crippen LogP contribution in [-0.2, 0) is 23.2 Å². The van der Waals surface area contributed by atoms with Crippen molar-refractivity contribution in [2.45, 2.75) is 0 Å². The SMILES string of the molecule is O=P(F)(F)OOP(=O)(O)OF. The molecule has 1 unspecified atom stereocenters. The molecule has 0 aromatic rings. The molecule has 0 spiro atoms. The molecule has 0 radical (unpaired) electrons. The molecule has 0 aromatic carbocycles. The maximum atomic E-state index is 11.2. The Hall–Kier alpha value is 0.0900. The molecule has 11 heteroatoms. The highest BCUT2D eigenvalue weighted by Gasteiger charge is 2.32. The summed E-state index contributed by atoms with van der Waals surface area (Å²) in [5.41, 5.74) is 0. The van der Waals surface area contributed by atoms with E-state index < -0.39 is 15.8 Å². The largest absolute Gasteiger partial charge is 0.580 e. The smallest absolute Gasteiger partial charge is 0.299 e. The monoisotopic (exact) mass is 216 g/mol. The van der Waals surface area contributed by atoms with Crippen molar-refractivity contribution < 1.29 is 41.0 Å². The highest BCUT2D eigenvalue weighted by atomic mass is 31.2. The molecule has 1 atom stereocenters. The van der Waals surface area contributed by atoms with E-state index in [1.165, 1.54) is 0 Å². The molecule has 0 fully saturated rings.